The van der Waals surface area contributed by atoms with E-state index in [1.165, 1.54) is 0 Å². The number of aliphatic hydroxyl groups excluding tert-OH is 1. The van der Waals surface area contributed by atoms with Crippen molar-refractivity contribution >= 4 is 11.9 Å². The second kappa shape index (κ2) is 6.57. The SMILES string of the molecule is O=C([O-])C(=O)O.[NH3+]Cc1ccc(CO)o1. The van der Waals surface area contributed by atoms with E-state index >= 15 is 0 Å². The molecule has 0 saturated heterocycles. The lowest BCUT2D eigenvalue weighted by atomic mass is 10.4. The zero-order valence-corrected chi connectivity index (χ0v) is 7.80. The number of carbonyl (C=O) groups is 2. The normalized spacial score (nSPS) is 8.93. The van der Waals surface area contributed by atoms with E-state index in [9.17, 15) is 0 Å². The standard InChI is InChI=1S/C6H9NO2.C2H2O4/c7-3-5-1-2-6(4-8)9-5;3-1(4)2(5)6/h1-2,8H,3-4,7H2;(H,3,4)(H,5,6). The molecule has 7 nitrogen and oxygen atoms in total. The van der Waals surface area contributed by atoms with Crippen LogP contribution in [0, 0.1) is 0 Å². The molecule has 5 N–H and O–H groups in total. The predicted octanol–water partition coefficient (Wildman–Crippen LogP) is -2.67. The Morgan fingerprint density at radius 2 is 1.87 bits per heavy atom. The number of carbonyl (C=O) groups excluding carboxylic acids is 1. The summed E-state index contributed by atoms with van der Waals surface area (Å²) in [5, 5.41) is 24.8. The molecule has 1 rings (SSSR count). The van der Waals surface area contributed by atoms with Crippen LogP contribution in [0.2, 0.25) is 0 Å². The van der Waals surface area contributed by atoms with Crippen LogP contribution in [0.15, 0.2) is 16.5 Å². The Balaban J connectivity index is 0.000000288. The maximum atomic E-state index is 9.04. The third kappa shape index (κ3) is 5.45. The van der Waals surface area contributed by atoms with Crippen LogP contribution in [0.25, 0.3) is 0 Å². The number of hydrogen-bond acceptors (Lipinski definition) is 5. The molecular formula is C8H11NO6. The molecule has 1 heterocycles. The van der Waals surface area contributed by atoms with E-state index in [0.29, 0.717) is 12.3 Å². The molecule has 0 atom stereocenters. The number of carboxylic acids is 2. The van der Waals surface area contributed by atoms with Crippen LogP contribution in [0.1, 0.15) is 11.5 Å². The summed E-state index contributed by atoms with van der Waals surface area (Å²) in [4.78, 5) is 18.0. The van der Waals surface area contributed by atoms with Gasteiger partial charge in [0.25, 0.3) is 0 Å². The summed E-state index contributed by atoms with van der Waals surface area (Å²) in [6.07, 6.45) is 0. The average Bonchev–Trinajstić information content (AvgIpc) is 2.66. The third-order valence-corrected chi connectivity index (χ3v) is 1.29. The summed E-state index contributed by atoms with van der Waals surface area (Å²) in [6.45, 7) is 0.611. The van der Waals surface area contributed by atoms with Gasteiger partial charge in [0.05, 0.1) is 0 Å². The summed E-state index contributed by atoms with van der Waals surface area (Å²) in [5.74, 6) is -2.59. The van der Waals surface area contributed by atoms with Crippen molar-refractivity contribution in [2.24, 2.45) is 0 Å². The van der Waals surface area contributed by atoms with Crippen molar-refractivity contribution in [1.29, 1.82) is 0 Å². The van der Waals surface area contributed by atoms with Crippen molar-refractivity contribution in [3.05, 3.63) is 23.7 Å². The first-order valence-electron chi connectivity index (χ1n) is 3.93. The van der Waals surface area contributed by atoms with Crippen molar-refractivity contribution in [2.45, 2.75) is 13.2 Å². The number of rotatable bonds is 2. The Labute approximate surface area is 84.7 Å². The lowest BCUT2D eigenvalue weighted by molar-refractivity contribution is -0.390. The first kappa shape index (κ1) is 13.1. The van der Waals surface area contributed by atoms with Gasteiger partial charge in [-0.2, -0.15) is 0 Å². The maximum absolute atomic E-state index is 9.04. The van der Waals surface area contributed by atoms with Gasteiger partial charge in [0, 0.05) is 0 Å². The summed E-state index contributed by atoms with van der Waals surface area (Å²) < 4.78 is 5.07. The monoisotopic (exact) mass is 217 g/mol. The molecular weight excluding hydrogens is 206 g/mol. The topological polar surface area (TPSA) is 138 Å². The fraction of sp³-hybridized carbons (Fsp3) is 0.250. The average molecular weight is 217 g/mol. The van der Waals surface area contributed by atoms with Crippen LogP contribution in [0.3, 0.4) is 0 Å². The Kier molecular flexibility index (Phi) is 5.76. The van der Waals surface area contributed by atoms with E-state index in [1.54, 1.807) is 6.07 Å². The van der Waals surface area contributed by atoms with E-state index in [0.717, 1.165) is 5.76 Å². The predicted molar refractivity (Wildman–Crippen MR) is 43.9 cm³/mol. The van der Waals surface area contributed by atoms with Crippen LogP contribution in [-0.2, 0) is 22.7 Å². The minimum atomic E-state index is -2.07. The number of aliphatic hydroxyl groups is 1. The first-order chi connectivity index (χ1) is 7.01. The molecule has 1 aromatic rings. The largest absolute Gasteiger partial charge is 0.539 e. The smallest absolute Gasteiger partial charge is 0.351 e. The second-order valence-electron chi connectivity index (χ2n) is 2.37. The van der Waals surface area contributed by atoms with E-state index in [4.69, 9.17) is 29.3 Å². The van der Waals surface area contributed by atoms with Crippen LogP contribution in [0.5, 0.6) is 0 Å². The number of carboxylic acid groups (broad SMARTS) is 2. The molecule has 0 unspecified atom stereocenters. The molecule has 0 aromatic carbocycles. The summed E-state index contributed by atoms with van der Waals surface area (Å²) in [7, 11) is 0. The molecule has 7 heteroatoms. The van der Waals surface area contributed by atoms with Gasteiger partial charge < -0.3 is 30.3 Å². The summed E-state index contributed by atoms with van der Waals surface area (Å²) in [5.41, 5.74) is 3.63. The highest BCUT2D eigenvalue weighted by atomic mass is 16.4. The quantitative estimate of drug-likeness (QED) is 0.462. The van der Waals surface area contributed by atoms with Crippen LogP contribution in [0.4, 0.5) is 0 Å². The zero-order chi connectivity index (χ0) is 11.8. The van der Waals surface area contributed by atoms with Gasteiger partial charge in [0.1, 0.15) is 18.9 Å². The molecule has 1 aromatic heterocycles. The van der Waals surface area contributed by atoms with Gasteiger partial charge in [-0.3, -0.25) is 0 Å². The fourth-order valence-corrected chi connectivity index (χ4v) is 0.642. The lowest BCUT2D eigenvalue weighted by Crippen LogP contribution is -2.47. The Morgan fingerprint density at radius 3 is 2.07 bits per heavy atom. The number of hydrogen-bond donors (Lipinski definition) is 3. The number of aliphatic carboxylic acids is 2. The first-order valence-corrected chi connectivity index (χ1v) is 3.93. The van der Waals surface area contributed by atoms with Crippen molar-refractivity contribution in [2.75, 3.05) is 0 Å². The van der Waals surface area contributed by atoms with Gasteiger partial charge in [0.15, 0.2) is 11.7 Å². The Bertz CT molecular complexity index is 301. The third-order valence-electron chi connectivity index (χ3n) is 1.29. The van der Waals surface area contributed by atoms with E-state index in [-0.39, 0.29) is 6.61 Å². The van der Waals surface area contributed by atoms with Gasteiger partial charge in [0.2, 0.25) is 0 Å². The van der Waals surface area contributed by atoms with Gasteiger partial charge in [-0.25, -0.2) is 4.79 Å². The second-order valence-corrected chi connectivity index (χ2v) is 2.37. The highest BCUT2D eigenvalue weighted by Gasteiger charge is 1.97. The Morgan fingerprint density at radius 1 is 1.40 bits per heavy atom. The minimum Gasteiger partial charge on any atom is -0.539 e. The maximum Gasteiger partial charge on any atom is 0.351 e. The molecule has 0 radical (unpaired) electrons. The van der Waals surface area contributed by atoms with Gasteiger partial charge in [-0.1, -0.05) is 0 Å². The summed E-state index contributed by atoms with van der Waals surface area (Å²) >= 11 is 0. The highest BCUT2D eigenvalue weighted by molar-refractivity contribution is 6.26. The van der Waals surface area contributed by atoms with Crippen LogP contribution in [-0.4, -0.2) is 22.2 Å². The molecule has 0 aliphatic rings. The van der Waals surface area contributed by atoms with E-state index in [1.807, 2.05) is 6.07 Å². The van der Waals surface area contributed by atoms with Crippen LogP contribution < -0.4 is 10.8 Å². The molecule has 0 aliphatic carbocycles. The molecule has 0 bridgehead atoms. The molecule has 0 fully saturated rings. The zero-order valence-electron chi connectivity index (χ0n) is 7.80. The molecule has 0 spiro atoms. The van der Waals surface area contributed by atoms with Crippen molar-refractivity contribution < 1.29 is 35.1 Å². The van der Waals surface area contributed by atoms with Gasteiger partial charge in [-0.05, 0) is 12.1 Å². The minimum absolute atomic E-state index is 0.0278. The van der Waals surface area contributed by atoms with Crippen molar-refractivity contribution in [3.63, 3.8) is 0 Å². The molecule has 0 aliphatic heterocycles. The van der Waals surface area contributed by atoms with Crippen LogP contribution >= 0.6 is 0 Å². The molecule has 0 amide bonds. The highest BCUT2D eigenvalue weighted by Crippen LogP contribution is 2.05. The van der Waals surface area contributed by atoms with Crippen molar-refractivity contribution in [3.8, 4) is 0 Å². The van der Waals surface area contributed by atoms with Gasteiger partial charge in [-0.15, -0.1) is 0 Å². The van der Waals surface area contributed by atoms with Crippen molar-refractivity contribution in [1.82, 2.24) is 0 Å². The van der Waals surface area contributed by atoms with E-state index in [2.05, 4.69) is 5.73 Å². The summed E-state index contributed by atoms with van der Waals surface area (Å²) in [6, 6.07) is 3.57. The molecule has 84 valence electrons. The Hall–Kier alpha value is -1.86. The molecule has 0 saturated carbocycles. The fourth-order valence-electron chi connectivity index (χ4n) is 0.642. The number of furan rings is 1. The molecule has 15 heavy (non-hydrogen) atoms. The number of quaternary nitrogens is 1. The van der Waals surface area contributed by atoms with E-state index < -0.39 is 11.9 Å². The van der Waals surface area contributed by atoms with Gasteiger partial charge >= 0.3 is 5.97 Å². The lowest BCUT2D eigenvalue weighted by Gasteiger charge is -1.85.